The zero-order valence-electron chi connectivity index (χ0n) is 28.0. The van der Waals surface area contributed by atoms with E-state index in [0.29, 0.717) is 18.1 Å². The smallest absolute Gasteiger partial charge is 0.410 e. The topological polar surface area (TPSA) is 85.4 Å². The van der Waals surface area contributed by atoms with Crippen molar-refractivity contribution in [3.8, 4) is 11.1 Å². The summed E-state index contributed by atoms with van der Waals surface area (Å²) >= 11 is 6.13. The first-order valence-electron chi connectivity index (χ1n) is 15.7. The highest BCUT2D eigenvalue weighted by Gasteiger charge is 2.28. The number of hydrazine groups is 1. The van der Waals surface area contributed by atoms with Gasteiger partial charge in [-0.15, -0.1) is 0 Å². The van der Waals surface area contributed by atoms with E-state index in [1.807, 2.05) is 101 Å². The number of hydrogen-bond acceptors (Lipinski definition) is 6. The predicted molar refractivity (Wildman–Crippen MR) is 183 cm³/mol. The van der Waals surface area contributed by atoms with Crippen LogP contribution in [0.1, 0.15) is 51.3 Å². The molecule has 1 N–H and O–H groups in total. The van der Waals surface area contributed by atoms with Crippen molar-refractivity contribution in [1.29, 1.82) is 0 Å². The summed E-state index contributed by atoms with van der Waals surface area (Å²) in [4.78, 5) is 43.4. The number of amides is 3. The van der Waals surface area contributed by atoms with Crippen LogP contribution in [0.25, 0.3) is 11.1 Å². The molecular formula is C36H46ClN5O4. The average Bonchev–Trinajstić information content (AvgIpc) is 3.43. The molecule has 0 fully saturated rings. The fraction of sp³-hybridized carbons (Fsp3) is 0.417. The van der Waals surface area contributed by atoms with Gasteiger partial charge in [0.05, 0.1) is 13.1 Å². The van der Waals surface area contributed by atoms with Crippen molar-refractivity contribution in [2.75, 3.05) is 38.1 Å². The highest BCUT2D eigenvalue weighted by molar-refractivity contribution is 6.30. The van der Waals surface area contributed by atoms with Gasteiger partial charge in [0.15, 0.2) is 0 Å². The molecule has 0 atom stereocenters. The van der Waals surface area contributed by atoms with Crippen LogP contribution in [-0.4, -0.2) is 77.7 Å². The van der Waals surface area contributed by atoms with Crippen molar-refractivity contribution in [2.45, 2.75) is 66.3 Å². The minimum Gasteiger partial charge on any atom is -0.444 e. The summed E-state index contributed by atoms with van der Waals surface area (Å²) < 4.78 is 5.66. The third kappa shape index (κ3) is 9.09. The summed E-state index contributed by atoms with van der Waals surface area (Å²) in [5, 5.41) is 7.32. The molecule has 1 heterocycles. The van der Waals surface area contributed by atoms with E-state index in [2.05, 4.69) is 17.4 Å². The molecule has 0 aromatic heterocycles. The largest absolute Gasteiger partial charge is 0.444 e. The Morgan fingerprint density at radius 2 is 1.48 bits per heavy atom. The van der Waals surface area contributed by atoms with Crippen molar-refractivity contribution in [2.24, 2.45) is 0 Å². The average molecular weight is 648 g/mol. The van der Waals surface area contributed by atoms with E-state index in [1.54, 1.807) is 21.9 Å². The maximum atomic E-state index is 13.9. The SMILES string of the molecule is Cc1ccc(-c2ccc(Cl)cc2)cc1N(CCN(C(=O)OC(C)(C)C)C(C)C)C(=O)CNCC(=O)N(C)N1Cc2ccccc2C1. The first-order chi connectivity index (χ1) is 21.7. The Labute approximate surface area is 278 Å². The van der Waals surface area contributed by atoms with Crippen LogP contribution in [0, 0.1) is 6.92 Å². The molecule has 4 rings (SSSR count). The zero-order valence-corrected chi connectivity index (χ0v) is 28.7. The summed E-state index contributed by atoms with van der Waals surface area (Å²) in [5.74, 6) is -0.350. The van der Waals surface area contributed by atoms with Crippen LogP contribution in [-0.2, 0) is 27.4 Å². The van der Waals surface area contributed by atoms with Crippen LogP contribution in [0.3, 0.4) is 0 Å². The van der Waals surface area contributed by atoms with E-state index in [-0.39, 0.29) is 44.0 Å². The van der Waals surface area contributed by atoms with Crippen molar-refractivity contribution in [1.82, 2.24) is 20.2 Å². The molecule has 0 spiro atoms. The van der Waals surface area contributed by atoms with Crippen LogP contribution in [0.15, 0.2) is 66.7 Å². The number of hydrogen-bond donors (Lipinski definition) is 1. The Balaban J connectivity index is 1.50. The fourth-order valence-corrected chi connectivity index (χ4v) is 5.49. The molecule has 0 saturated carbocycles. The zero-order chi connectivity index (χ0) is 33.6. The number of nitrogens with zero attached hydrogens (tertiary/aromatic N) is 4. The Bertz CT molecular complexity index is 1510. The van der Waals surface area contributed by atoms with Gasteiger partial charge in [-0.1, -0.05) is 60.1 Å². The lowest BCUT2D eigenvalue weighted by atomic mass is 10.0. The summed E-state index contributed by atoms with van der Waals surface area (Å²) in [5.41, 5.74) is 5.29. The van der Waals surface area contributed by atoms with Crippen LogP contribution in [0.4, 0.5) is 10.5 Å². The van der Waals surface area contributed by atoms with Crippen molar-refractivity contribution < 1.29 is 19.1 Å². The Hall–Kier alpha value is -3.92. The maximum absolute atomic E-state index is 13.9. The van der Waals surface area contributed by atoms with E-state index >= 15 is 0 Å². The number of ether oxygens (including phenoxy) is 1. The second kappa shape index (κ2) is 15.1. The Kier molecular flexibility index (Phi) is 11.5. The second-order valence-electron chi connectivity index (χ2n) is 12.9. The summed E-state index contributed by atoms with van der Waals surface area (Å²) in [6.45, 7) is 13.1. The van der Waals surface area contributed by atoms with Gasteiger partial charge >= 0.3 is 6.09 Å². The molecule has 1 aliphatic heterocycles. The number of rotatable bonds is 11. The molecular weight excluding hydrogens is 602 g/mol. The second-order valence-corrected chi connectivity index (χ2v) is 13.4. The highest BCUT2D eigenvalue weighted by atomic mass is 35.5. The lowest BCUT2D eigenvalue weighted by molar-refractivity contribution is -0.145. The molecule has 1 aliphatic rings. The van der Waals surface area contributed by atoms with Crippen molar-refractivity contribution in [3.63, 3.8) is 0 Å². The maximum Gasteiger partial charge on any atom is 0.410 e. The molecule has 0 bridgehead atoms. The highest BCUT2D eigenvalue weighted by Crippen LogP contribution is 2.29. The number of nitrogens with one attached hydrogen (secondary N) is 1. The monoisotopic (exact) mass is 647 g/mol. The number of halogens is 1. The molecule has 9 nitrogen and oxygen atoms in total. The first-order valence-corrected chi connectivity index (χ1v) is 16.1. The van der Waals surface area contributed by atoms with E-state index in [9.17, 15) is 14.4 Å². The molecule has 3 amide bonds. The van der Waals surface area contributed by atoms with Crippen molar-refractivity contribution >= 4 is 35.2 Å². The van der Waals surface area contributed by atoms with Gasteiger partial charge in [0, 0.05) is 50.0 Å². The van der Waals surface area contributed by atoms with Gasteiger partial charge < -0.3 is 14.5 Å². The lowest BCUT2D eigenvalue weighted by Gasteiger charge is -2.33. The number of anilines is 1. The molecule has 3 aromatic carbocycles. The van der Waals surface area contributed by atoms with Crippen LogP contribution < -0.4 is 10.2 Å². The summed E-state index contributed by atoms with van der Waals surface area (Å²) in [6, 6.07) is 21.5. The summed E-state index contributed by atoms with van der Waals surface area (Å²) in [6.07, 6.45) is -0.433. The molecule has 10 heteroatoms. The van der Waals surface area contributed by atoms with Gasteiger partial charge in [0.2, 0.25) is 5.91 Å². The van der Waals surface area contributed by atoms with E-state index in [0.717, 1.165) is 22.4 Å². The van der Waals surface area contributed by atoms with Crippen LogP contribution in [0.2, 0.25) is 5.02 Å². The van der Waals surface area contributed by atoms with Gasteiger partial charge in [-0.05, 0) is 87.6 Å². The number of likely N-dealkylation sites (N-methyl/N-ethyl adjacent to an activating group) is 1. The van der Waals surface area contributed by atoms with E-state index < -0.39 is 11.7 Å². The standard InChI is InChI=1S/C36H46ClN5O4/c1-25(2)41(35(45)46-36(4,5)6)18-19-42(32-20-28(13-12-26(32)3)27-14-16-31(37)17-15-27)34(44)22-38-21-33(43)39(7)40-23-29-10-8-9-11-30(29)24-40/h8-17,20,25,38H,18-19,21-24H2,1-7H3. The van der Waals surface area contributed by atoms with Crippen molar-refractivity contribution in [3.05, 3.63) is 88.4 Å². The quantitative estimate of drug-likeness (QED) is 0.264. The number of fused-ring (bicyclic) bond motifs is 1. The van der Waals surface area contributed by atoms with Gasteiger partial charge in [0.1, 0.15) is 5.60 Å². The molecule has 46 heavy (non-hydrogen) atoms. The van der Waals surface area contributed by atoms with Gasteiger partial charge in [0.25, 0.3) is 5.91 Å². The van der Waals surface area contributed by atoms with Crippen LogP contribution >= 0.6 is 11.6 Å². The van der Waals surface area contributed by atoms with Gasteiger partial charge in [-0.2, -0.15) is 0 Å². The number of carbonyl (C=O) groups excluding carboxylic acids is 3. The molecule has 0 radical (unpaired) electrons. The van der Waals surface area contributed by atoms with E-state index in [1.165, 1.54) is 11.1 Å². The third-order valence-electron chi connectivity index (χ3n) is 7.96. The Morgan fingerprint density at radius 3 is 2.07 bits per heavy atom. The number of benzene rings is 3. The minimum atomic E-state index is -0.648. The molecule has 0 aliphatic carbocycles. The molecule has 0 saturated heterocycles. The first kappa shape index (κ1) is 34.9. The van der Waals surface area contributed by atoms with E-state index in [4.69, 9.17) is 16.3 Å². The molecule has 0 unspecified atom stereocenters. The van der Waals surface area contributed by atoms with Gasteiger partial charge in [-0.3, -0.25) is 19.9 Å². The van der Waals surface area contributed by atoms with Crippen LogP contribution in [0.5, 0.6) is 0 Å². The molecule has 3 aromatic rings. The Morgan fingerprint density at radius 1 is 0.891 bits per heavy atom. The fourth-order valence-electron chi connectivity index (χ4n) is 5.36. The lowest BCUT2D eigenvalue weighted by Crippen LogP contribution is -2.49. The summed E-state index contributed by atoms with van der Waals surface area (Å²) in [7, 11) is 1.76. The normalized spacial score (nSPS) is 13.0. The molecule has 246 valence electrons. The predicted octanol–water partition coefficient (Wildman–Crippen LogP) is 6.27. The van der Waals surface area contributed by atoms with Gasteiger partial charge in [-0.25, -0.2) is 9.80 Å². The number of carbonyl (C=O) groups is 3. The third-order valence-corrected chi connectivity index (χ3v) is 8.21. The number of aryl methyl sites for hydroxylation is 1. The minimum absolute atomic E-state index is 0.00273.